The van der Waals surface area contributed by atoms with Crippen molar-refractivity contribution in [2.75, 3.05) is 13.6 Å². The first-order valence-corrected chi connectivity index (χ1v) is 4.31. The second-order valence-electron chi connectivity index (χ2n) is 3.77. The first kappa shape index (κ1) is 8.97. The first-order valence-electron chi connectivity index (χ1n) is 4.31. The quantitative estimate of drug-likeness (QED) is 0.421. The Morgan fingerprint density at radius 3 is 2.64 bits per heavy atom. The summed E-state index contributed by atoms with van der Waals surface area (Å²) < 4.78 is 0. The topological polar surface area (TPSA) is 41.3 Å². The third-order valence-corrected chi connectivity index (χ3v) is 2.82. The van der Waals surface area contributed by atoms with E-state index < -0.39 is 0 Å². The highest BCUT2D eigenvalue weighted by Gasteiger charge is 2.27. The summed E-state index contributed by atoms with van der Waals surface area (Å²) in [5.74, 6) is 6.10. The maximum Gasteiger partial charge on any atom is 0.0263 e. The molecule has 3 nitrogen and oxygen atoms in total. The highest BCUT2D eigenvalue weighted by molar-refractivity contribution is 4.84. The molecule has 3 atom stereocenters. The summed E-state index contributed by atoms with van der Waals surface area (Å²) in [6.45, 7) is 5.64. The van der Waals surface area contributed by atoms with Crippen molar-refractivity contribution in [2.24, 2.45) is 11.8 Å². The van der Waals surface area contributed by atoms with E-state index in [9.17, 15) is 0 Å². The summed E-state index contributed by atoms with van der Waals surface area (Å²) in [7, 11) is 2.17. The zero-order valence-electron chi connectivity index (χ0n) is 7.67. The second-order valence-corrected chi connectivity index (χ2v) is 3.77. The Kier molecular flexibility index (Phi) is 2.87. The molecule has 1 aliphatic rings. The molecule has 1 fully saturated rings. The maximum absolute atomic E-state index is 5.43. The molecular weight excluding hydrogens is 138 g/mol. The minimum absolute atomic E-state index is 0.501. The molecule has 3 N–H and O–H groups in total. The first-order chi connectivity index (χ1) is 5.15. The molecule has 3 heteroatoms. The van der Waals surface area contributed by atoms with E-state index in [-0.39, 0.29) is 0 Å². The highest BCUT2D eigenvalue weighted by Crippen LogP contribution is 2.19. The summed E-state index contributed by atoms with van der Waals surface area (Å²) in [4.78, 5) is 2.39. The van der Waals surface area contributed by atoms with Crippen molar-refractivity contribution in [2.45, 2.75) is 32.4 Å². The Bertz CT molecular complexity index is 127. The lowest BCUT2D eigenvalue weighted by Crippen LogP contribution is -2.52. The molecule has 1 heterocycles. The average molecular weight is 157 g/mol. The van der Waals surface area contributed by atoms with E-state index in [1.54, 1.807) is 0 Å². The van der Waals surface area contributed by atoms with E-state index in [0.717, 1.165) is 13.0 Å². The van der Waals surface area contributed by atoms with Crippen molar-refractivity contribution in [1.29, 1.82) is 0 Å². The number of hydrogen-bond donors (Lipinski definition) is 2. The Labute approximate surface area is 68.9 Å². The normalized spacial score (nSPS) is 40.9. The SMILES string of the molecule is CC1CN(C)C(C)CC1NN. The van der Waals surface area contributed by atoms with Crippen molar-refractivity contribution < 1.29 is 0 Å². The Balaban J connectivity index is 2.48. The Hall–Kier alpha value is -0.120. The van der Waals surface area contributed by atoms with E-state index in [1.165, 1.54) is 0 Å². The van der Waals surface area contributed by atoms with Gasteiger partial charge < -0.3 is 4.90 Å². The highest BCUT2D eigenvalue weighted by atomic mass is 15.3. The van der Waals surface area contributed by atoms with Gasteiger partial charge in [0, 0.05) is 18.6 Å². The Morgan fingerprint density at radius 2 is 2.09 bits per heavy atom. The fraction of sp³-hybridized carbons (Fsp3) is 1.00. The van der Waals surface area contributed by atoms with Crippen LogP contribution in [0.5, 0.6) is 0 Å². The zero-order chi connectivity index (χ0) is 8.43. The van der Waals surface area contributed by atoms with Gasteiger partial charge in [-0.15, -0.1) is 0 Å². The van der Waals surface area contributed by atoms with Crippen molar-refractivity contribution in [3.05, 3.63) is 0 Å². The lowest BCUT2D eigenvalue weighted by molar-refractivity contribution is 0.122. The van der Waals surface area contributed by atoms with Gasteiger partial charge in [0.2, 0.25) is 0 Å². The van der Waals surface area contributed by atoms with E-state index in [4.69, 9.17) is 5.84 Å². The van der Waals surface area contributed by atoms with E-state index in [1.807, 2.05) is 0 Å². The van der Waals surface area contributed by atoms with Crippen LogP contribution >= 0.6 is 0 Å². The second kappa shape index (κ2) is 3.52. The number of likely N-dealkylation sites (tertiary alicyclic amines) is 1. The molecule has 0 aromatic heterocycles. The van der Waals surface area contributed by atoms with Crippen LogP contribution in [-0.4, -0.2) is 30.6 Å². The molecule has 1 aliphatic heterocycles. The van der Waals surface area contributed by atoms with Gasteiger partial charge in [-0.25, -0.2) is 0 Å². The molecule has 1 saturated heterocycles. The van der Waals surface area contributed by atoms with Crippen molar-refractivity contribution in [1.82, 2.24) is 10.3 Å². The fourth-order valence-electron chi connectivity index (χ4n) is 1.77. The summed E-state index contributed by atoms with van der Waals surface area (Å²) in [6, 6.07) is 1.16. The molecule has 3 unspecified atom stereocenters. The molecule has 1 rings (SSSR count). The molecule has 0 bridgehead atoms. The van der Waals surface area contributed by atoms with Crippen LogP contribution in [0.4, 0.5) is 0 Å². The lowest BCUT2D eigenvalue weighted by Gasteiger charge is -2.39. The molecule has 0 aromatic carbocycles. The monoisotopic (exact) mass is 157 g/mol. The number of nitrogens with two attached hydrogens (primary N) is 1. The van der Waals surface area contributed by atoms with Gasteiger partial charge >= 0.3 is 0 Å². The van der Waals surface area contributed by atoms with Crippen LogP contribution in [0.25, 0.3) is 0 Å². The van der Waals surface area contributed by atoms with E-state index in [0.29, 0.717) is 18.0 Å². The molecule has 0 aliphatic carbocycles. The summed E-state index contributed by atoms with van der Waals surface area (Å²) in [6.07, 6.45) is 1.16. The van der Waals surface area contributed by atoms with Crippen LogP contribution in [0, 0.1) is 5.92 Å². The summed E-state index contributed by atoms with van der Waals surface area (Å²) in [5.41, 5.74) is 2.88. The molecule has 0 radical (unpaired) electrons. The molecule has 66 valence electrons. The minimum atomic E-state index is 0.501. The maximum atomic E-state index is 5.43. The van der Waals surface area contributed by atoms with E-state index in [2.05, 4.69) is 31.2 Å². The lowest BCUT2D eigenvalue weighted by atomic mass is 9.90. The smallest absolute Gasteiger partial charge is 0.0263 e. The third kappa shape index (κ3) is 1.92. The van der Waals surface area contributed by atoms with Gasteiger partial charge in [-0.1, -0.05) is 6.92 Å². The van der Waals surface area contributed by atoms with Crippen LogP contribution < -0.4 is 11.3 Å². The van der Waals surface area contributed by atoms with Gasteiger partial charge in [0.05, 0.1) is 0 Å². The minimum Gasteiger partial charge on any atom is -0.303 e. The molecule has 0 spiro atoms. The van der Waals surface area contributed by atoms with Crippen LogP contribution in [0.1, 0.15) is 20.3 Å². The predicted molar refractivity (Wildman–Crippen MR) is 47.0 cm³/mol. The van der Waals surface area contributed by atoms with Crippen molar-refractivity contribution in [3.8, 4) is 0 Å². The zero-order valence-corrected chi connectivity index (χ0v) is 7.67. The number of hydrazine groups is 1. The third-order valence-electron chi connectivity index (χ3n) is 2.82. The number of hydrogen-bond acceptors (Lipinski definition) is 3. The van der Waals surface area contributed by atoms with E-state index >= 15 is 0 Å². The van der Waals surface area contributed by atoms with Gasteiger partial charge in [0.25, 0.3) is 0 Å². The number of nitrogens with one attached hydrogen (secondary N) is 1. The number of rotatable bonds is 1. The fourth-order valence-corrected chi connectivity index (χ4v) is 1.77. The van der Waals surface area contributed by atoms with Crippen LogP contribution in [0.3, 0.4) is 0 Å². The largest absolute Gasteiger partial charge is 0.303 e. The summed E-state index contributed by atoms with van der Waals surface area (Å²) >= 11 is 0. The molecular formula is C8H19N3. The molecule has 11 heavy (non-hydrogen) atoms. The number of nitrogens with zero attached hydrogens (tertiary/aromatic N) is 1. The van der Waals surface area contributed by atoms with Gasteiger partial charge in [0.1, 0.15) is 0 Å². The van der Waals surface area contributed by atoms with Gasteiger partial charge in [-0.3, -0.25) is 11.3 Å². The van der Waals surface area contributed by atoms with Gasteiger partial charge in [-0.05, 0) is 26.3 Å². The van der Waals surface area contributed by atoms with Crippen LogP contribution in [0.15, 0.2) is 0 Å². The van der Waals surface area contributed by atoms with Crippen LogP contribution in [-0.2, 0) is 0 Å². The predicted octanol–water partition coefficient (Wildman–Crippen LogP) is 0.178. The van der Waals surface area contributed by atoms with Crippen molar-refractivity contribution >= 4 is 0 Å². The average Bonchev–Trinajstić information content (AvgIpc) is 1.97. The molecule has 0 aromatic rings. The molecule has 0 amide bonds. The summed E-state index contributed by atoms with van der Waals surface area (Å²) in [5, 5.41) is 0. The van der Waals surface area contributed by atoms with Crippen molar-refractivity contribution in [3.63, 3.8) is 0 Å². The number of piperidine rings is 1. The molecule has 0 saturated carbocycles. The standard InChI is InChI=1S/C8H19N3/c1-6-5-11(3)7(2)4-8(6)10-9/h6-8,10H,4-5,9H2,1-3H3. The van der Waals surface area contributed by atoms with Gasteiger partial charge in [-0.2, -0.15) is 0 Å². The van der Waals surface area contributed by atoms with Gasteiger partial charge in [0.15, 0.2) is 0 Å². The Morgan fingerprint density at radius 1 is 1.45 bits per heavy atom. The van der Waals surface area contributed by atoms with Crippen LogP contribution in [0.2, 0.25) is 0 Å².